The molecule has 0 aliphatic heterocycles. The van der Waals surface area contributed by atoms with Gasteiger partial charge in [-0.05, 0) is 24.6 Å². The van der Waals surface area contributed by atoms with E-state index in [1.807, 2.05) is 0 Å². The maximum Gasteiger partial charge on any atom is 0.252 e. The predicted octanol–water partition coefficient (Wildman–Crippen LogP) is -0.271. The highest BCUT2D eigenvalue weighted by Crippen LogP contribution is 2.15. The third-order valence-corrected chi connectivity index (χ3v) is 3.03. The molecule has 0 unspecified atom stereocenters. The zero-order valence-electron chi connectivity index (χ0n) is 10.1. The van der Waals surface area contributed by atoms with Crippen LogP contribution in [0.2, 0.25) is 0 Å². The average molecular weight is 271 g/mol. The molecule has 0 saturated carbocycles. The molecule has 0 aliphatic carbocycles. The van der Waals surface area contributed by atoms with Gasteiger partial charge in [0.15, 0.2) is 0 Å². The molecule has 1 aromatic carbocycles. The van der Waals surface area contributed by atoms with Crippen molar-refractivity contribution in [2.75, 3.05) is 19.8 Å². The summed E-state index contributed by atoms with van der Waals surface area (Å²) in [4.78, 5) is 12.7. The Labute approximate surface area is 111 Å². The Kier molecular flexibility index (Phi) is 5.15. The van der Waals surface area contributed by atoms with Gasteiger partial charge in [-0.3, -0.25) is 4.79 Å². The van der Waals surface area contributed by atoms with Gasteiger partial charge >= 0.3 is 0 Å². The Morgan fingerprint density at radius 3 is 2.33 bits per heavy atom. The second-order valence-corrected chi connectivity index (χ2v) is 4.72. The number of hydrogen-bond donors (Lipinski definition) is 5. The van der Waals surface area contributed by atoms with E-state index >= 15 is 0 Å². The lowest BCUT2D eigenvalue weighted by atomic mass is 10.0. The summed E-state index contributed by atoms with van der Waals surface area (Å²) in [6.07, 6.45) is 0. The number of aryl methyl sites for hydroxylation is 1. The third kappa shape index (κ3) is 3.23. The number of carbonyl (C=O) groups excluding carboxylic acids is 1. The van der Waals surface area contributed by atoms with Crippen LogP contribution >= 0.6 is 12.6 Å². The summed E-state index contributed by atoms with van der Waals surface area (Å²) in [5.41, 5.74) is -0.286. The number of carbonyl (C=O) groups is 1. The summed E-state index contributed by atoms with van der Waals surface area (Å²) >= 11 is 4.15. The first-order valence-electron chi connectivity index (χ1n) is 5.43. The molecule has 5 nitrogen and oxygen atoms in total. The number of benzene rings is 1. The van der Waals surface area contributed by atoms with Crippen molar-refractivity contribution >= 4 is 18.5 Å². The lowest BCUT2D eigenvalue weighted by molar-refractivity contribution is 0.0375. The van der Waals surface area contributed by atoms with Gasteiger partial charge in [0, 0.05) is 10.5 Å². The maximum atomic E-state index is 12.0. The van der Waals surface area contributed by atoms with Crippen molar-refractivity contribution in [2.45, 2.75) is 17.4 Å². The highest BCUT2D eigenvalue weighted by Gasteiger charge is 2.30. The van der Waals surface area contributed by atoms with E-state index in [1.165, 1.54) is 0 Å². The molecule has 0 bridgehead atoms. The molecule has 0 aliphatic rings. The number of amides is 1. The highest BCUT2D eigenvalue weighted by atomic mass is 32.1. The van der Waals surface area contributed by atoms with E-state index in [2.05, 4.69) is 17.9 Å². The van der Waals surface area contributed by atoms with Gasteiger partial charge in [0.2, 0.25) is 0 Å². The number of aliphatic hydroxyl groups excluding tert-OH is 3. The van der Waals surface area contributed by atoms with Crippen LogP contribution in [0.25, 0.3) is 0 Å². The number of rotatable bonds is 5. The molecule has 1 rings (SSSR count). The van der Waals surface area contributed by atoms with Crippen LogP contribution in [0.5, 0.6) is 0 Å². The van der Waals surface area contributed by atoms with E-state index in [4.69, 9.17) is 15.3 Å². The first-order valence-corrected chi connectivity index (χ1v) is 5.87. The average Bonchev–Trinajstić information content (AvgIpc) is 2.38. The quantitative estimate of drug-likeness (QED) is 0.477. The number of aliphatic hydroxyl groups is 3. The lowest BCUT2D eigenvalue weighted by Gasteiger charge is -2.29. The van der Waals surface area contributed by atoms with E-state index in [0.29, 0.717) is 10.5 Å². The summed E-state index contributed by atoms with van der Waals surface area (Å²) in [6, 6.07) is 5.09. The van der Waals surface area contributed by atoms with E-state index in [1.54, 1.807) is 25.1 Å². The van der Waals surface area contributed by atoms with Crippen molar-refractivity contribution in [3.8, 4) is 0 Å². The molecule has 100 valence electrons. The lowest BCUT2D eigenvalue weighted by Crippen LogP contribution is -2.57. The summed E-state index contributed by atoms with van der Waals surface area (Å²) in [7, 11) is 0. The summed E-state index contributed by atoms with van der Waals surface area (Å²) in [6.45, 7) is 0.114. The Balaban J connectivity index is 2.97. The molecule has 0 saturated heterocycles. The Hall–Kier alpha value is -1.08. The maximum absolute atomic E-state index is 12.0. The predicted molar refractivity (Wildman–Crippen MR) is 69.9 cm³/mol. The van der Waals surface area contributed by atoms with Crippen LogP contribution in [-0.2, 0) is 0 Å². The van der Waals surface area contributed by atoms with Crippen LogP contribution in [0, 0.1) is 6.92 Å². The standard InChI is InChI=1S/C12H17NO4S/c1-8-2-3-9(18)4-10(8)11(17)13-12(5-14,6-15)7-16/h2-4,14-16,18H,5-7H2,1H3,(H,13,17). The first-order chi connectivity index (χ1) is 8.48. The van der Waals surface area contributed by atoms with Crippen molar-refractivity contribution < 1.29 is 20.1 Å². The zero-order valence-corrected chi connectivity index (χ0v) is 10.9. The van der Waals surface area contributed by atoms with Crippen molar-refractivity contribution in [3.05, 3.63) is 29.3 Å². The minimum Gasteiger partial charge on any atom is -0.394 e. The van der Waals surface area contributed by atoms with E-state index in [0.717, 1.165) is 5.56 Å². The van der Waals surface area contributed by atoms with Crippen molar-refractivity contribution in [3.63, 3.8) is 0 Å². The van der Waals surface area contributed by atoms with Crippen LogP contribution in [0.3, 0.4) is 0 Å². The van der Waals surface area contributed by atoms with Gasteiger partial charge in [0.05, 0.1) is 19.8 Å². The molecule has 4 N–H and O–H groups in total. The molecular weight excluding hydrogens is 254 g/mol. The van der Waals surface area contributed by atoms with Gasteiger partial charge in [-0.25, -0.2) is 0 Å². The summed E-state index contributed by atoms with van der Waals surface area (Å²) in [5, 5.41) is 29.9. The second-order valence-electron chi connectivity index (χ2n) is 4.21. The topological polar surface area (TPSA) is 89.8 Å². The SMILES string of the molecule is Cc1ccc(S)cc1C(=O)NC(CO)(CO)CO. The van der Waals surface area contributed by atoms with Gasteiger partial charge in [-0.15, -0.1) is 12.6 Å². The van der Waals surface area contributed by atoms with Gasteiger partial charge in [0.1, 0.15) is 5.54 Å². The van der Waals surface area contributed by atoms with Crippen molar-refractivity contribution in [2.24, 2.45) is 0 Å². The first kappa shape index (κ1) is 15.0. The molecule has 0 aromatic heterocycles. The Morgan fingerprint density at radius 2 is 1.83 bits per heavy atom. The van der Waals surface area contributed by atoms with E-state index in [-0.39, 0.29) is 0 Å². The zero-order chi connectivity index (χ0) is 13.8. The fourth-order valence-electron chi connectivity index (χ4n) is 1.43. The van der Waals surface area contributed by atoms with Crippen LogP contribution in [-0.4, -0.2) is 46.6 Å². The molecular formula is C12H17NO4S. The fourth-order valence-corrected chi connectivity index (χ4v) is 1.64. The number of nitrogens with one attached hydrogen (secondary N) is 1. The minimum absolute atomic E-state index is 0.391. The molecule has 1 aromatic rings. The molecule has 6 heteroatoms. The van der Waals surface area contributed by atoms with Crippen LogP contribution in [0.4, 0.5) is 0 Å². The minimum atomic E-state index is -1.42. The fraction of sp³-hybridized carbons (Fsp3) is 0.417. The monoisotopic (exact) mass is 271 g/mol. The normalized spacial score (nSPS) is 11.4. The molecule has 0 radical (unpaired) electrons. The van der Waals surface area contributed by atoms with Crippen LogP contribution < -0.4 is 5.32 Å². The van der Waals surface area contributed by atoms with Crippen LogP contribution in [0.1, 0.15) is 15.9 Å². The Morgan fingerprint density at radius 1 is 1.28 bits per heavy atom. The number of hydrogen-bond acceptors (Lipinski definition) is 5. The molecule has 0 heterocycles. The molecule has 18 heavy (non-hydrogen) atoms. The second kappa shape index (κ2) is 6.19. The van der Waals surface area contributed by atoms with Gasteiger partial charge in [-0.1, -0.05) is 6.07 Å². The Bertz CT molecular complexity index is 424. The number of thiol groups is 1. The van der Waals surface area contributed by atoms with Gasteiger partial charge in [-0.2, -0.15) is 0 Å². The largest absolute Gasteiger partial charge is 0.394 e. The summed E-state index contributed by atoms with van der Waals surface area (Å²) < 4.78 is 0. The van der Waals surface area contributed by atoms with E-state index < -0.39 is 31.3 Å². The van der Waals surface area contributed by atoms with E-state index in [9.17, 15) is 4.79 Å². The van der Waals surface area contributed by atoms with Gasteiger partial charge in [0.25, 0.3) is 5.91 Å². The van der Waals surface area contributed by atoms with Crippen molar-refractivity contribution in [1.29, 1.82) is 0 Å². The van der Waals surface area contributed by atoms with Crippen LogP contribution in [0.15, 0.2) is 23.1 Å². The third-order valence-electron chi connectivity index (χ3n) is 2.75. The smallest absolute Gasteiger partial charge is 0.252 e. The molecule has 0 atom stereocenters. The summed E-state index contributed by atoms with van der Waals surface area (Å²) in [5.74, 6) is -0.472. The molecule has 0 spiro atoms. The van der Waals surface area contributed by atoms with Gasteiger partial charge < -0.3 is 20.6 Å². The highest BCUT2D eigenvalue weighted by molar-refractivity contribution is 7.80. The van der Waals surface area contributed by atoms with Crippen molar-refractivity contribution in [1.82, 2.24) is 5.32 Å². The molecule has 1 amide bonds. The molecule has 0 fully saturated rings.